The summed E-state index contributed by atoms with van der Waals surface area (Å²) in [5, 5.41) is 3.44. The molecule has 2 atom stereocenters. The Morgan fingerprint density at radius 1 is 1.18 bits per heavy atom. The highest BCUT2D eigenvalue weighted by Crippen LogP contribution is 2.25. The van der Waals surface area contributed by atoms with Gasteiger partial charge in [-0.2, -0.15) is 0 Å². The summed E-state index contributed by atoms with van der Waals surface area (Å²) in [7, 11) is 4.24. The van der Waals surface area contributed by atoms with Gasteiger partial charge in [0, 0.05) is 6.54 Å². The maximum absolute atomic E-state index is 5.95. The lowest BCUT2D eigenvalue weighted by Crippen LogP contribution is -2.30. The normalized spacial score (nSPS) is 25.4. The molecule has 0 aromatic carbocycles. The van der Waals surface area contributed by atoms with Crippen LogP contribution in [0.2, 0.25) is 0 Å². The number of rotatable bonds is 8. The largest absolute Gasteiger partial charge is 0.377 e. The Kier molecular flexibility index (Phi) is 7.82. The first-order chi connectivity index (χ1) is 8.20. The van der Waals surface area contributed by atoms with Crippen molar-refractivity contribution in [2.75, 3.05) is 40.3 Å². The van der Waals surface area contributed by atoms with Gasteiger partial charge in [-0.15, -0.1) is 0 Å². The minimum atomic E-state index is 0.521. The Bertz CT molecular complexity index is 185. The third-order valence-corrected chi connectivity index (χ3v) is 3.60. The fourth-order valence-electron chi connectivity index (χ4n) is 2.46. The van der Waals surface area contributed by atoms with Crippen LogP contribution in [0, 0.1) is 5.92 Å². The van der Waals surface area contributed by atoms with Crippen molar-refractivity contribution in [2.24, 2.45) is 5.92 Å². The molecule has 17 heavy (non-hydrogen) atoms. The van der Waals surface area contributed by atoms with E-state index < -0.39 is 0 Å². The first kappa shape index (κ1) is 14.9. The van der Waals surface area contributed by atoms with Gasteiger partial charge in [-0.25, -0.2) is 0 Å². The van der Waals surface area contributed by atoms with Gasteiger partial charge >= 0.3 is 0 Å². The van der Waals surface area contributed by atoms with Gasteiger partial charge in [-0.05, 0) is 52.4 Å². The van der Waals surface area contributed by atoms with Gasteiger partial charge in [-0.1, -0.05) is 19.8 Å². The van der Waals surface area contributed by atoms with Crippen LogP contribution in [-0.2, 0) is 4.74 Å². The van der Waals surface area contributed by atoms with E-state index in [1.807, 2.05) is 0 Å². The zero-order chi connectivity index (χ0) is 12.5. The minimum Gasteiger partial charge on any atom is -0.377 e. The van der Waals surface area contributed by atoms with Crippen molar-refractivity contribution in [3.63, 3.8) is 0 Å². The van der Waals surface area contributed by atoms with Crippen LogP contribution in [0.15, 0.2) is 0 Å². The van der Waals surface area contributed by atoms with E-state index in [4.69, 9.17) is 4.74 Å². The molecule has 1 saturated carbocycles. The highest BCUT2D eigenvalue weighted by atomic mass is 16.5. The molecule has 102 valence electrons. The first-order valence-corrected chi connectivity index (χ1v) is 7.17. The molecule has 0 aliphatic heterocycles. The molecule has 0 amide bonds. The lowest BCUT2D eigenvalue weighted by Gasteiger charge is -2.28. The summed E-state index contributed by atoms with van der Waals surface area (Å²) in [5.41, 5.74) is 0. The predicted molar refractivity (Wildman–Crippen MR) is 73.4 cm³/mol. The SMILES string of the molecule is CC1CCCCC1OCCNCCCN(C)C. The highest BCUT2D eigenvalue weighted by molar-refractivity contribution is 4.72. The molecule has 3 heteroatoms. The summed E-state index contributed by atoms with van der Waals surface area (Å²) >= 11 is 0. The molecule has 1 N–H and O–H groups in total. The summed E-state index contributed by atoms with van der Waals surface area (Å²) in [5.74, 6) is 0.762. The van der Waals surface area contributed by atoms with Crippen molar-refractivity contribution in [3.8, 4) is 0 Å². The van der Waals surface area contributed by atoms with Crippen LogP contribution in [0.1, 0.15) is 39.0 Å². The molecule has 0 aromatic rings. The molecule has 1 aliphatic rings. The topological polar surface area (TPSA) is 24.5 Å². The van der Waals surface area contributed by atoms with Crippen LogP contribution < -0.4 is 5.32 Å². The Balaban J connectivity index is 1.89. The lowest BCUT2D eigenvalue weighted by atomic mass is 9.88. The molecule has 1 aliphatic carbocycles. The Morgan fingerprint density at radius 2 is 1.94 bits per heavy atom. The van der Waals surface area contributed by atoms with Crippen molar-refractivity contribution in [1.29, 1.82) is 0 Å². The van der Waals surface area contributed by atoms with E-state index in [0.29, 0.717) is 6.10 Å². The molecular formula is C14H30N2O. The zero-order valence-corrected chi connectivity index (χ0v) is 11.9. The average molecular weight is 242 g/mol. The Morgan fingerprint density at radius 3 is 2.65 bits per heavy atom. The first-order valence-electron chi connectivity index (χ1n) is 7.17. The van der Waals surface area contributed by atoms with Crippen LogP contribution in [-0.4, -0.2) is 51.3 Å². The van der Waals surface area contributed by atoms with Crippen LogP contribution in [0.25, 0.3) is 0 Å². The van der Waals surface area contributed by atoms with Crippen molar-refractivity contribution >= 4 is 0 Å². The van der Waals surface area contributed by atoms with Crippen LogP contribution in [0.4, 0.5) is 0 Å². The molecular weight excluding hydrogens is 212 g/mol. The number of nitrogens with zero attached hydrogens (tertiary/aromatic N) is 1. The van der Waals surface area contributed by atoms with Crippen molar-refractivity contribution < 1.29 is 4.74 Å². The Hall–Kier alpha value is -0.120. The van der Waals surface area contributed by atoms with Crippen molar-refractivity contribution in [3.05, 3.63) is 0 Å². The molecule has 1 rings (SSSR count). The number of ether oxygens (including phenoxy) is 1. The summed E-state index contributed by atoms with van der Waals surface area (Å²) in [4.78, 5) is 2.22. The molecule has 2 unspecified atom stereocenters. The molecule has 0 heterocycles. The van der Waals surface area contributed by atoms with Crippen molar-refractivity contribution in [2.45, 2.75) is 45.1 Å². The van der Waals surface area contributed by atoms with Gasteiger partial charge < -0.3 is 15.0 Å². The maximum atomic E-state index is 5.95. The number of hydrogen-bond acceptors (Lipinski definition) is 3. The second-order valence-corrected chi connectivity index (χ2v) is 5.58. The van der Waals surface area contributed by atoms with Crippen LogP contribution in [0.5, 0.6) is 0 Å². The van der Waals surface area contributed by atoms with Gasteiger partial charge in [0.05, 0.1) is 12.7 Å². The van der Waals surface area contributed by atoms with E-state index in [1.165, 1.54) is 32.1 Å². The predicted octanol–water partition coefficient (Wildman–Crippen LogP) is 2.12. The second-order valence-electron chi connectivity index (χ2n) is 5.58. The summed E-state index contributed by atoms with van der Waals surface area (Å²) < 4.78 is 5.95. The van der Waals surface area contributed by atoms with E-state index >= 15 is 0 Å². The quantitative estimate of drug-likeness (QED) is 0.660. The monoisotopic (exact) mass is 242 g/mol. The molecule has 0 aromatic heterocycles. The molecule has 1 fully saturated rings. The van der Waals surface area contributed by atoms with Crippen LogP contribution >= 0.6 is 0 Å². The van der Waals surface area contributed by atoms with E-state index in [9.17, 15) is 0 Å². The molecule has 3 nitrogen and oxygen atoms in total. The Labute approximate surface area is 107 Å². The van der Waals surface area contributed by atoms with Gasteiger partial charge in [0.1, 0.15) is 0 Å². The van der Waals surface area contributed by atoms with E-state index in [0.717, 1.165) is 32.2 Å². The van der Waals surface area contributed by atoms with E-state index in [-0.39, 0.29) is 0 Å². The molecule has 0 spiro atoms. The van der Waals surface area contributed by atoms with Gasteiger partial charge in [0.2, 0.25) is 0 Å². The summed E-state index contributed by atoms with van der Waals surface area (Å²) in [6, 6.07) is 0. The standard InChI is InChI=1S/C14H30N2O/c1-13-7-4-5-8-14(13)17-12-10-15-9-6-11-16(2)3/h13-15H,4-12H2,1-3H3. The second kappa shape index (κ2) is 8.90. The third kappa shape index (κ3) is 7.02. The summed E-state index contributed by atoms with van der Waals surface area (Å²) in [6.07, 6.45) is 7.09. The summed E-state index contributed by atoms with van der Waals surface area (Å²) in [6.45, 7) is 6.46. The van der Waals surface area contributed by atoms with Gasteiger partial charge in [0.15, 0.2) is 0 Å². The highest BCUT2D eigenvalue weighted by Gasteiger charge is 2.21. The molecule has 0 saturated heterocycles. The third-order valence-electron chi connectivity index (χ3n) is 3.60. The molecule has 0 radical (unpaired) electrons. The number of nitrogens with one attached hydrogen (secondary N) is 1. The van der Waals surface area contributed by atoms with Gasteiger partial charge in [0.25, 0.3) is 0 Å². The number of hydrogen-bond donors (Lipinski definition) is 1. The van der Waals surface area contributed by atoms with Gasteiger partial charge in [-0.3, -0.25) is 0 Å². The smallest absolute Gasteiger partial charge is 0.0601 e. The average Bonchev–Trinajstić information content (AvgIpc) is 2.30. The minimum absolute atomic E-state index is 0.521. The zero-order valence-electron chi connectivity index (χ0n) is 11.9. The fraction of sp³-hybridized carbons (Fsp3) is 1.00. The molecule has 0 bridgehead atoms. The van der Waals surface area contributed by atoms with E-state index in [1.54, 1.807) is 0 Å². The fourth-order valence-corrected chi connectivity index (χ4v) is 2.46. The maximum Gasteiger partial charge on any atom is 0.0601 e. The van der Waals surface area contributed by atoms with Crippen LogP contribution in [0.3, 0.4) is 0 Å². The van der Waals surface area contributed by atoms with E-state index in [2.05, 4.69) is 31.2 Å². The van der Waals surface area contributed by atoms with Crippen molar-refractivity contribution in [1.82, 2.24) is 10.2 Å². The lowest BCUT2D eigenvalue weighted by molar-refractivity contribution is -0.00312.